The third kappa shape index (κ3) is 3.82. The number of nitrogens with zero attached hydrogens (tertiary/aromatic N) is 1. The van der Waals surface area contributed by atoms with Gasteiger partial charge in [-0.2, -0.15) is 0 Å². The van der Waals surface area contributed by atoms with Crippen molar-refractivity contribution in [2.24, 2.45) is 0 Å². The summed E-state index contributed by atoms with van der Waals surface area (Å²) >= 11 is 0. The lowest BCUT2D eigenvalue weighted by molar-refractivity contribution is 0.448. The molecule has 0 unspecified atom stereocenters. The Hall–Kier alpha value is -1.87. The zero-order chi connectivity index (χ0) is 15.4. The molecule has 1 N–H and O–H groups in total. The molecule has 0 saturated carbocycles. The van der Waals surface area contributed by atoms with E-state index >= 15 is 0 Å². The van der Waals surface area contributed by atoms with E-state index in [1.807, 2.05) is 13.0 Å². The SMILES string of the molecule is CCNCc1c(C)cc(C)nc1Oc1ccc(C)cc1C. The molecule has 112 valence electrons. The second kappa shape index (κ2) is 6.72. The molecule has 2 aromatic rings. The first-order valence-corrected chi connectivity index (χ1v) is 7.44. The molecule has 0 aliphatic rings. The molecule has 0 amide bonds. The molecule has 0 fully saturated rings. The summed E-state index contributed by atoms with van der Waals surface area (Å²) in [6, 6.07) is 8.31. The normalized spacial score (nSPS) is 10.7. The molecule has 1 aromatic carbocycles. The van der Waals surface area contributed by atoms with Crippen LogP contribution in [0.1, 0.15) is 34.9 Å². The predicted molar refractivity (Wildman–Crippen MR) is 87.1 cm³/mol. The van der Waals surface area contributed by atoms with Gasteiger partial charge in [0.2, 0.25) is 5.88 Å². The van der Waals surface area contributed by atoms with Crippen LogP contribution >= 0.6 is 0 Å². The molecule has 0 aliphatic heterocycles. The Balaban J connectivity index is 2.37. The lowest BCUT2D eigenvalue weighted by atomic mass is 10.1. The quantitative estimate of drug-likeness (QED) is 0.892. The molecule has 2 rings (SSSR count). The van der Waals surface area contributed by atoms with Crippen LogP contribution in [-0.4, -0.2) is 11.5 Å². The first-order valence-electron chi connectivity index (χ1n) is 7.44. The fourth-order valence-electron chi connectivity index (χ4n) is 2.40. The van der Waals surface area contributed by atoms with Crippen LogP contribution in [0.2, 0.25) is 0 Å². The number of pyridine rings is 1. The Morgan fingerprint density at radius 2 is 1.81 bits per heavy atom. The van der Waals surface area contributed by atoms with E-state index in [1.165, 1.54) is 11.1 Å². The van der Waals surface area contributed by atoms with Crippen LogP contribution in [0.15, 0.2) is 24.3 Å². The summed E-state index contributed by atoms with van der Waals surface area (Å²) < 4.78 is 6.10. The molecule has 3 nitrogen and oxygen atoms in total. The van der Waals surface area contributed by atoms with Crippen molar-refractivity contribution in [1.82, 2.24) is 10.3 Å². The van der Waals surface area contributed by atoms with Crippen LogP contribution < -0.4 is 10.1 Å². The van der Waals surface area contributed by atoms with Crippen molar-refractivity contribution in [3.63, 3.8) is 0 Å². The van der Waals surface area contributed by atoms with E-state index in [1.54, 1.807) is 0 Å². The van der Waals surface area contributed by atoms with Crippen LogP contribution in [0, 0.1) is 27.7 Å². The van der Waals surface area contributed by atoms with Crippen molar-refractivity contribution < 1.29 is 4.74 Å². The van der Waals surface area contributed by atoms with Gasteiger partial charge in [-0.1, -0.05) is 24.6 Å². The number of ether oxygens (including phenoxy) is 1. The lowest BCUT2D eigenvalue weighted by Crippen LogP contribution is -2.14. The molecule has 0 bridgehead atoms. The average molecular weight is 284 g/mol. The highest BCUT2D eigenvalue weighted by atomic mass is 16.5. The fourth-order valence-corrected chi connectivity index (χ4v) is 2.40. The molecule has 1 heterocycles. The Labute approximate surface area is 127 Å². The molecule has 0 saturated heterocycles. The minimum Gasteiger partial charge on any atom is -0.438 e. The van der Waals surface area contributed by atoms with Crippen LogP contribution in [0.25, 0.3) is 0 Å². The molecule has 3 heteroatoms. The zero-order valence-corrected chi connectivity index (χ0v) is 13.6. The number of rotatable bonds is 5. The molecule has 0 spiro atoms. The van der Waals surface area contributed by atoms with Crippen molar-refractivity contribution in [1.29, 1.82) is 0 Å². The maximum Gasteiger partial charge on any atom is 0.224 e. The van der Waals surface area contributed by atoms with Crippen molar-refractivity contribution in [2.75, 3.05) is 6.54 Å². The van der Waals surface area contributed by atoms with Crippen molar-refractivity contribution in [3.05, 3.63) is 52.2 Å². The summed E-state index contributed by atoms with van der Waals surface area (Å²) in [4.78, 5) is 4.58. The lowest BCUT2D eigenvalue weighted by Gasteiger charge is -2.15. The van der Waals surface area contributed by atoms with Crippen molar-refractivity contribution in [2.45, 2.75) is 41.2 Å². The van der Waals surface area contributed by atoms with E-state index in [0.717, 1.165) is 35.7 Å². The minimum absolute atomic E-state index is 0.709. The minimum atomic E-state index is 0.709. The highest BCUT2D eigenvalue weighted by Crippen LogP contribution is 2.29. The second-order valence-electron chi connectivity index (χ2n) is 5.52. The maximum absolute atomic E-state index is 6.10. The monoisotopic (exact) mass is 284 g/mol. The zero-order valence-electron chi connectivity index (χ0n) is 13.6. The van der Waals surface area contributed by atoms with Gasteiger partial charge in [0.1, 0.15) is 5.75 Å². The smallest absolute Gasteiger partial charge is 0.224 e. The summed E-state index contributed by atoms with van der Waals surface area (Å²) in [7, 11) is 0. The van der Waals surface area contributed by atoms with Gasteiger partial charge in [0.05, 0.1) is 0 Å². The van der Waals surface area contributed by atoms with E-state index in [2.05, 4.69) is 56.2 Å². The van der Waals surface area contributed by atoms with Gasteiger partial charge < -0.3 is 10.1 Å². The van der Waals surface area contributed by atoms with Gasteiger partial charge in [-0.15, -0.1) is 0 Å². The number of nitrogens with one attached hydrogen (secondary N) is 1. The standard InChI is InChI=1S/C18H24N2O/c1-6-19-11-16-13(3)10-15(5)20-18(16)21-17-8-7-12(2)9-14(17)4/h7-10,19H,6,11H2,1-5H3. The number of aryl methyl sites for hydroxylation is 4. The Morgan fingerprint density at radius 3 is 2.48 bits per heavy atom. The van der Waals surface area contributed by atoms with Crippen LogP contribution in [0.3, 0.4) is 0 Å². The number of aromatic nitrogens is 1. The summed E-state index contributed by atoms with van der Waals surface area (Å²) in [6.07, 6.45) is 0. The molecule has 21 heavy (non-hydrogen) atoms. The Morgan fingerprint density at radius 1 is 1.05 bits per heavy atom. The van der Waals surface area contributed by atoms with Gasteiger partial charge >= 0.3 is 0 Å². The summed E-state index contributed by atoms with van der Waals surface area (Å²) in [6.45, 7) is 12.1. The number of hydrogen-bond donors (Lipinski definition) is 1. The Bertz CT molecular complexity index is 635. The highest BCUT2D eigenvalue weighted by Gasteiger charge is 2.12. The van der Waals surface area contributed by atoms with Gasteiger partial charge in [-0.25, -0.2) is 4.98 Å². The second-order valence-corrected chi connectivity index (χ2v) is 5.52. The molecule has 0 atom stereocenters. The van der Waals surface area contributed by atoms with Gasteiger partial charge in [-0.3, -0.25) is 0 Å². The Kier molecular flexibility index (Phi) is 4.97. The average Bonchev–Trinajstić information content (AvgIpc) is 2.41. The van der Waals surface area contributed by atoms with Crippen LogP contribution in [-0.2, 0) is 6.54 Å². The molecular formula is C18H24N2O. The summed E-state index contributed by atoms with van der Waals surface area (Å²) in [5.41, 5.74) is 5.68. The molecule has 0 aliphatic carbocycles. The fraction of sp³-hybridized carbons (Fsp3) is 0.389. The topological polar surface area (TPSA) is 34.2 Å². The maximum atomic E-state index is 6.10. The largest absolute Gasteiger partial charge is 0.438 e. The summed E-state index contributed by atoms with van der Waals surface area (Å²) in [5.74, 6) is 1.58. The van der Waals surface area contributed by atoms with Crippen molar-refractivity contribution in [3.8, 4) is 11.6 Å². The summed E-state index contributed by atoms with van der Waals surface area (Å²) in [5, 5.41) is 3.35. The van der Waals surface area contributed by atoms with E-state index in [-0.39, 0.29) is 0 Å². The van der Waals surface area contributed by atoms with E-state index in [4.69, 9.17) is 4.74 Å². The van der Waals surface area contributed by atoms with E-state index < -0.39 is 0 Å². The predicted octanol–water partition coefficient (Wildman–Crippen LogP) is 4.22. The van der Waals surface area contributed by atoms with E-state index in [9.17, 15) is 0 Å². The third-order valence-electron chi connectivity index (χ3n) is 3.53. The molecule has 0 radical (unpaired) electrons. The van der Waals surface area contributed by atoms with Gasteiger partial charge in [0.25, 0.3) is 0 Å². The van der Waals surface area contributed by atoms with Crippen LogP contribution in [0.5, 0.6) is 11.6 Å². The van der Waals surface area contributed by atoms with E-state index in [0.29, 0.717) is 5.88 Å². The first kappa shape index (κ1) is 15.5. The van der Waals surface area contributed by atoms with Gasteiger partial charge in [-0.05, 0) is 57.5 Å². The molecular weight excluding hydrogens is 260 g/mol. The van der Waals surface area contributed by atoms with Gasteiger partial charge in [0.15, 0.2) is 0 Å². The number of benzene rings is 1. The van der Waals surface area contributed by atoms with Gasteiger partial charge in [0, 0.05) is 17.8 Å². The molecule has 1 aromatic heterocycles. The van der Waals surface area contributed by atoms with Crippen molar-refractivity contribution >= 4 is 0 Å². The first-order chi connectivity index (χ1) is 10.0. The van der Waals surface area contributed by atoms with Crippen LogP contribution in [0.4, 0.5) is 0 Å². The number of hydrogen-bond acceptors (Lipinski definition) is 3. The highest BCUT2D eigenvalue weighted by molar-refractivity contribution is 5.42. The third-order valence-corrected chi connectivity index (χ3v) is 3.53.